The van der Waals surface area contributed by atoms with Crippen LogP contribution in [0.25, 0.3) is 11.3 Å². The molecule has 1 heterocycles. The quantitative estimate of drug-likeness (QED) is 0.245. The number of methoxy groups -OCH3 is 1. The van der Waals surface area contributed by atoms with E-state index in [0.717, 1.165) is 55.0 Å². The molecule has 0 atom stereocenters. The zero-order valence-corrected chi connectivity index (χ0v) is 21.4. The molecule has 0 radical (unpaired) electrons. The zero-order chi connectivity index (χ0) is 24.6. The first-order valence-electron chi connectivity index (χ1n) is 12.6. The molecule has 0 fully saturated rings. The van der Waals surface area contributed by atoms with Crippen molar-refractivity contribution in [3.8, 4) is 17.0 Å². The van der Waals surface area contributed by atoms with E-state index in [1.165, 1.54) is 27.8 Å². The van der Waals surface area contributed by atoms with Crippen LogP contribution in [-0.4, -0.2) is 17.0 Å². The van der Waals surface area contributed by atoms with E-state index >= 15 is 0 Å². The number of ether oxygens (including phenoxy) is 1. The van der Waals surface area contributed by atoms with Gasteiger partial charge in [0.15, 0.2) is 0 Å². The van der Waals surface area contributed by atoms with Gasteiger partial charge in [-0.3, -0.25) is 9.88 Å². The summed E-state index contributed by atoms with van der Waals surface area (Å²) in [7, 11) is 1.78. The Balaban J connectivity index is 1.71. The van der Waals surface area contributed by atoms with Crippen molar-refractivity contribution in [2.24, 2.45) is 0 Å². The van der Waals surface area contributed by atoms with E-state index in [1.54, 1.807) is 7.11 Å². The second-order valence-corrected chi connectivity index (χ2v) is 9.07. The molecule has 0 bridgehead atoms. The lowest BCUT2D eigenvalue weighted by molar-refractivity contribution is 0.243. The smallest absolute Gasteiger partial charge is 0.129 e. The van der Waals surface area contributed by atoms with Crippen LogP contribution in [0.3, 0.4) is 0 Å². The van der Waals surface area contributed by atoms with Gasteiger partial charge in [0, 0.05) is 42.5 Å². The molecule has 1 aromatic heterocycles. The molecule has 0 amide bonds. The summed E-state index contributed by atoms with van der Waals surface area (Å²) in [6.45, 7) is 9.05. The van der Waals surface area contributed by atoms with Gasteiger partial charge in [0.25, 0.3) is 0 Å². The number of hydrogen-bond donors (Lipinski definition) is 0. The number of rotatable bonds is 10. The van der Waals surface area contributed by atoms with E-state index in [-0.39, 0.29) is 0 Å². The minimum Gasteiger partial charge on any atom is -0.496 e. The highest BCUT2D eigenvalue weighted by Crippen LogP contribution is 2.36. The van der Waals surface area contributed by atoms with E-state index < -0.39 is 0 Å². The number of aryl methyl sites for hydroxylation is 2. The molecule has 0 aliphatic heterocycles. The molecule has 3 nitrogen and oxygen atoms in total. The number of aromatic nitrogens is 1. The van der Waals surface area contributed by atoms with Crippen molar-refractivity contribution in [2.75, 3.05) is 7.11 Å². The molecule has 0 saturated heterocycles. The molecule has 0 aliphatic rings. The van der Waals surface area contributed by atoms with Crippen molar-refractivity contribution in [1.29, 1.82) is 0 Å². The average Bonchev–Trinajstić information content (AvgIpc) is 2.90. The highest BCUT2D eigenvalue weighted by atomic mass is 16.5. The number of pyridine rings is 1. The maximum atomic E-state index is 6.02. The summed E-state index contributed by atoms with van der Waals surface area (Å²) in [5, 5.41) is 0. The summed E-state index contributed by atoms with van der Waals surface area (Å²) in [6.07, 6.45) is 3.99. The number of nitrogens with zero attached hydrogens (tertiary/aromatic N) is 2. The van der Waals surface area contributed by atoms with Crippen LogP contribution in [0.4, 0.5) is 0 Å². The molecule has 180 valence electrons. The fourth-order valence-electron chi connectivity index (χ4n) is 4.93. The lowest BCUT2D eigenvalue weighted by atomic mass is 9.92. The second kappa shape index (κ2) is 11.8. The lowest BCUT2D eigenvalue weighted by Gasteiger charge is -2.25. The summed E-state index contributed by atoms with van der Waals surface area (Å²) in [6, 6.07) is 27.9. The molecular weight excluding hydrogens is 428 g/mol. The van der Waals surface area contributed by atoms with Crippen molar-refractivity contribution in [1.82, 2.24) is 9.88 Å². The monoisotopic (exact) mass is 464 g/mol. The van der Waals surface area contributed by atoms with Crippen molar-refractivity contribution in [2.45, 2.75) is 53.2 Å². The predicted molar refractivity (Wildman–Crippen MR) is 146 cm³/mol. The third-order valence-electron chi connectivity index (χ3n) is 6.67. The Labute approximate surface area is 210 Å². The first kappa shape index (κ1) is 24.7. The third kappa shape index (κ3) is 5.80. The highest BCUT2D eigenvalue weighted by Gasteiger charge is 2.19. The maximum Gasteiger partial charge on any atom is 0.129 e. The topological polar surface area (TPSA) is 25.4 Å². The summed E-state index contributed by atoms with van der Waals surface area (Å²) in [5.74, 6) is 0.939. The minimum atomic E-state index is 0.761. The van der Waals surface area contributed by atoms with Crippen LogP contribution < -0.4 is 4.74 Å². The van der Waals surface area contributed by atoms with Gasteiger partial charge in [-0.2, -0.15) is 0 Å². The summed E-state index contributed by atoms with van der Waals surface area (Å²) in [5.41, 5.74) is 9.81. The SMILES string of the molecule is CCc1cccc(CC)c1-c1ncc(CN(Cc2ccccc2)Cc2ccccc2)c(OC)c1C. The molecule has 35 heavy (non-hydrogen) atoms. The van der Waals surface area contributed by atoms with Crippen LogP contribution in [-0.2, 0) is 32.5 Å². The van der Waals surface area contributed by atoms with Gasteiger partial charge < -0.3 is 4.74 Å². The van der Waals surface area contributed by atoms with Crippen LogP contribution in [0.2, 0.25) is 0 Å². The van der Waals surface area contributed by atoms with Gasteiger partial charge in [-0.05, 0) is 42.0 Å². The van der Waals surface area contributed by atoms with Crippen LogP contribution in [0, 0.1) is 6.92 Å². The largest absolute Gasteiger partial charge is 0.496 e. The van der Waals surface area contributed by atoms with Crippen molar-refractivity contribution in [3.63, 3.8) is 0 Å². The summed E-state index contributed by atoms with van der Waals surface area (Å²) in [4.78, 5) is 7.49. The van der Waals surface area contributed by atoms with E-state index in [9.17, 15) is 0 Å². The lowest BCUT2D eigenvalue weighted by Crippen LogP contribution is -2.23. The summed E-state index contributed by atoms with van der Waals surface area (Å²) < 4.78 is 6.02. The zero-order valence-electron chi connectivity index (χ0n) is 21.4. The second-order valence-electron chi connectivity index (χ2n) is 9.07. The van der Waals surface area contributed by atoms with Gasteiger partial charge in [0.05, 0.1) is 12.8 Å². The fourth-order valence-corrected chi connectivity index (χ4v) is 4.93. The Morgan fingerprint density at radius 3 is 1.71 bits per heavy atom. The van der Waals surface area contributed by atoms with Gasteiger partial charge in [0.2, 0.25) is 0 Å². The molecule has 0 N–H and O–H groups in total. The van der Waals surface area contributed by atoms with E-state index in [0.29, 0.717) is 0 Å². The Morgan fingerprint density at radius 1 is 0.686 bits per heavy atom. The first-order valence-corrected chi connectivity index (χ1v) is 12.6. The van der Waals surface area contributed by atoms with E-state index in [1.807, 2.05) is 6.20 Å². The molecule has 3 aromatic carbocycles. The average molecular weight is 465 g/mol. The normalized spacial score (nSPS) is 11.1. The molecule has 0 unspecified atom stereocenters. The fraction of sp³-hybridized carbons (Fsp3) is 0.281. The number of benzene rings is 3. The van der Waals surface area contributed by atoms with Crippen LogP contribution in [0.5, 0.6) is 5.75 Å². The number of hydrogen-bond acceptors (Lipinski definition) is 3. The maximum absolute atomic E-state index is 6.02. The van der Waals surface area contributed by atoms with Gasteiger partial charge in [0.1, 0.15) is 5.75 Å². The Bertz CT molecular complexity index is 1170. The van der Waals surface area contributed by atoms with Crippen molar-refractivity contribution >= 4 is 0 Å². The van der Waals surface area contributed by atoms with E-state index in [2.05, 4.69) is 105 Å². The molecule has 4 aromatic rings. The van der Waals surface area contributed by atoms with Gasteiger partial charge >= 0.3 is 0 Å². The van der Waals surface area contributed by atoms with Crippen molar-refractivity contribution < 1.29 is 4.74 Å². The summed E-state index contributed by atoms with van der Waals surface area (Å²) >= 11 is 0. The highest BCUT2D eigenvalue weighted by molar-refractivity contribution is 5.73. The standard InChI is InChI=1S/C32H36N2O/c1-5-27-18-13-19-28(6-2)30(27)31-24(3)32(35-4)29(20-33-31)23-34(21-25-14-9-7-10-15-25)22-26-16-11-8-12-17-26/h7-20H,5-6,21-23H2,1-4H3. The van der Waals surface area contributed by atoms with Gasteiger partial charge in [-0.1, -0.05) is 92.7 Å². The molecule has 0 saturated carbocycles. The van der Waals surface area contributed by atoms with E-state index in [4.69, 9.17) is 9.72 Å². The van der Waals surface area contributed by atoms with Crippen LogP contribution in [0.15, 0.2) is 85.1 Å². The Hall–Kier alpha value is -3.43. The first-order chi connectivity index (χ1) is 17.1. The molecule has 0 aliphatic carbocycles. The molecule has 0 spiro atoms. The van der Waals surface area contributed by atoms with Gasteiger partial charge in [-0.15, -0.1) is 0 Å². The Morgan fingerprint density at radius 2 is 1.23 bits per heavy atom. The third-order valence-corrected chi connectivity index (χ3v) is 6.67. The van der Waals surface area contributed by atoms with Crippen LogP contribution in [0.1, 0.15) is 47.2 Å². The van der Waals surface area contributed by atoms with Gasteiger partial charge in [-0.25, -0.2) is 0 Å². The van der Waals surface area contributed by atoms with Crippen molar-refractivity contribution in [3.05, 3.63) is 118 Å². The minimum absolute atomic E-state index is 0.761. The predicted octanol–water partition coefficient (Wildman–Crippen LogP) is 7.39. The Kier molecular flexibility index (Phi) is 8.33. The molecular formula is C32H36N2O. The molecule has 3 heteroatoms. The van der Waals surface area contributed by atoms with Crippen LogP contribution >= 0.6 is 0 Å². The molecule has 4 rings (SSSR count).